The molecule has 1 atom stereocenters. The van der Waals surface area contributed by atoms with E-state index in [0.29, 0.717) is 6.04 Å². The maximum Gasteiger partial charge on any atom is 0.119 e. The highest BCUT2D eigenvalue weighted by atomic mass is 79.9. The molecule has 0 fully saturated rings. The molecule has 20 heavy (non-hydrogen) atoms. The Labute approximate surface area is 129 Å². The number of methoxy groups -OCH3 is 1. The molecule has 0 amide bonds. The number of rotatable bonds is 5. The van der Waals surface area contributed by atoms with E-state index in [9.17, 15) is 0 Å². The third-order valence-corrected chi connectivity index (χ3v) is 3.97. The van der Waals surface area contributed by atoms with Crippen LogP contribution in [0.25, 0.3) is 0 Å². The minimum Gasteiger partial charge on any atom is -0.497 e. The summed E-state index contributed by atoms with van der Waals surface area (Å²) in [7, 11) is 1.69. The summed E-state index contributed by atoms with van der Waals surface area (Å²) in [4.78, 5) is 0. The number of halogens is 1. The van der Waals surface area contributed by atoms with Crippen LogP contribution in [0.2, 0.25) is 0 Å². The van der Waals surface area contributed by atoms with Crippen molar-refractivity contribution in [2.75, 3.05) is 12.4 Å². The number of anilines is 1. The van der Waals surface area contributed by atoms with Crippen LogP contribution in [0, 0.1) is 6.92 Å². The number of benzene rings is 2. The fourth-order valence-electron chi connectivity index (χ4n) is 2.23. The average Bonchev–Trinajstić information content (AvgIpc) is 2.47. The molecular formula is C17H20BrNO. The molecule has 2 rings (SSSR count). The summed E-state index contributed by atoms with van der Waals surface area (Å²) in [6.07, 6.45) is 1.03. The summed E-state index contributed by atoms with van der Waals surface area (Å²) >= 11 is 3.48. The van der Waals surface area contributed by atoms with Gasteiger partial charge in [0.15, 0.2) is 0 Å². The van der Waals surface area contributed by atoms with Crippen LogP contribution in [-0.4, -0.2) is 7.11 Å². The van der Waals surface area contributed by atoms with Gasteiger partial charge in [-0.05, 0) is 54.8 Å². The molecule has 0 spiro atoms. The lowest BCUT2D eigenvalue weighted by Crippen LogP contribution is -2.10. The first-order valence-corrected chi connectivity index (χ1v) is 7.60. The zero-order valence-electron chi connectivity index (χ0n) is 12.1. The maximum absolute atomic E-state index is 5.25. The van der Waals surface area contributed by atoms with Gasteiger partial charge in [-0.2, -0.15) is 0 Å². The van der Waals surface area contributed by atoms with Crippen LogP contribution < -0.4 is 10.1 Å². The highest BCUT2D eigenvalue weighted by Gasteiger charge is 2.10. The normalized spacial score (nSPS) is 12.0. The summed E-state index contributed by atoms with van der Waals surface area (Å²) < 4.78 is 6.35. The number of aryl methyl sites for hydroxylation is 1. The Balaban J connectivity index is 2.20. The van der Waals surface area contributed by atoms with Gasteiger partial charge in [0.1, 0.15) is 5.75 Å². The molecule has 3 heteroatoms. The number of nitrogens with one attached hydrogen (secondary N) is 1. The van der Waals surface area contributed by atoms with Gasteiger partial charge in [-0.25, -0.2) is 0 Å². The third kappa shape index (κ3) is 3.54. The van der Waals surface area contributed by atoms with Crippen molar-refractivity contribution in [3.8, 4) is 5.75 Å². The second kappa shape index (κ2) is 6.80. The Bertz CT molecular complexity index is 566. The lowest BCUT2D eigenvalue weighted by molar-refractivity contribution is 0.414. The van der Waals surface area contributed by atoms with Gasteiger partial charge in [0.05, 0.1) is 13.2 Å². The quantitative estimate of drug-likeness (QED) is 0.798. The first-order valence-electron chi connectivity index (χ1n) is 6.80. The number of hydrogen-bond donors (Lipinski definition) is 1. The Morgan fingerprint density at radius 1 is 1.15 bits per heavy atom. The van der Waals surface area contributed by atoms with Crippen LogP contribution in [0.5, 0.6) is 5.75 Å². The Kier molecular flexibility index (Phi) is 5.07. The molecule has 0 aromatic heterocycles. The summed E-state index contributed by atoms with van der Waals surface area (Å²) in [5.41, 5.74) is 3.64. The Hall–Kier alpha value is -1.48. The van der Waals surface area contributed by atoms with Crippen molar-refractivity contribution in [2.24, 2.45) is 0 Å². The molecule has 2 nitrogen and oxygen atoms in total. The number of ether oxygens (including phenoxy) is 1. The van der Waals surface area contributed by atoms with E-state index in [0.717, 1.165) is 22.3 Å². The highest BCUT2D eigenvalue weighted by Crippen LogP contribution is 2.27. The van der Waals surface area contributed by atoms with Gasteiger partial charge in [0, 0.05) is 10.2 Å². The lowest BCUT2D eigenvalue weighted by Gasteiger charge is -2.20. The van der Waals surface area contributed by atoms with Gasteiger partial charge >= 0.3 is 0 Å². The van der Waals surface area contributed by atoms with Crippen LogP contribution in [0.3, 0.4) is 0 Å². The zero-order chi connectivity index (χ0) is 14.5. The molecule has 0 radical (unpaired) electrons. The predicted molar refractivity (Wildman–Crippen MR) is 88.5 cm³/mol. The van der Waals surface area contributed by atoms with E-state index in [1.165, 1.54) is 11.1 Å². The molecule has 0 aliphatic carbocycles. The molecule has 0 heterocycles. The molecule has 1 unspecified atom stereocenters. The minimum absolute atomic E-state index is 0.315. The standard InChI is InChI=1S/C17H20BrNO/c1-4-16(13-5-7-14(18)8-6-13)19-17-10-9-15(20-3)11-12(17)2/h5-11,16,19H,4H2,1-3H3. The van der Waals surface area contributed by atoms with Gasteiger partial charge in [0.2, 0.25) is 0 Å². The summed E-state index contributed by atoms with van der Waals surface area (Å²) in [6.45, 7) is 4.29. The maximum atomic E-state index is 5.25. The highest BCUT2D eigenvalue weighted by molar-refractivity contribution is 9.10. The summed E-state index contributed by atoms with van der Waals surface area (Å²) in [6, 6.07) is 14.9. The largest absolute Gasteiger partial charge is 0.497 e. The van der Waals surface area contributed by atoms with Gasteiger partial charge in [0.25, 0.3) is 0 Å². The van der Waals surface area contributed by atoms with Crippen molar-refractivity contribution in [2.45, 2.75) is 26.3 Å². The van der Waals surface area contributed by atoms with Crippen LogP contribution in [-0.2, 0) is 0 Å². The van der Waals surface area contributed by atoms with E-state index >= 15 is 0 Å². The van der Waals surface area contributed by atoms with Crippen molar-refractivity contribution in [3.05, 3.63) is 58.1 Å². The van der Waals surface area contributed by atoms with Gasteiger partial charge in [-0.3, -0.25) is 0 Å². The van der Waals surface area contributed by atoms with E-state index in [-0.39, 0.29) is 0 Å². The van der Waals surface area contributed by atoms with Crippen molar-refractivity contribution >= 4 is 21.6 Å². The van der Waals surface area contributed by atoms with Crippen molar-refractivity contribution in [3.63, 3.8) is 0 Å². The Morgan fingerprint density at radius 3 is 2.40 bits per heavy atom. The fourth-order valence-corrected chi connectivity index (χ4v) is 2.49. The van der Waals surface area contributed by atoms with E-state index in [1.807, 2.05) is 6.07 Å². The molecule has 106 valence electrons. The van der Waals surface area contributed by atoms with Crippen molar-refractivity contribution in [1.29, 1.82) is 0 Å². The van der Waals surface area contributed by atoms with E-state index in [1.54, 1.807) is 7.11 Å². The first kappa shape index (κ1) is 14.9. The summed E-state index contributed by atoms with van der Waals surface area (Å²) in [5.74, 6) is 0.893. The van der Waals surface area contributed by atoms with Crippen molar-refractivity contribution in [1.82, 2.24) is 0 Å². The molecule has 1 N–H and O–H groups in total. The first-order chi connectivity index (χ1) is 9.63. The molecule has 0 saturated carbocycles. The van der Waals surface area contributed by atoms with E-state index in [2.05, 4.69) is 71.5 Å². The smallest absolute Gasteiger partial charge is 0.119 e. The zero-order valence-corrected chi connectivity index (χ0v) is 13.7. The minimum atomic E-state index is 0.315. The van der Waals surface area contributed by atoms with Gasteiger partial charge in [-0.1, -0.05) is 35.0 Å². The van der Waals surface area contributed by atoms with E-state index in [4.69, 9.17) is 4.74 Å². The SMILES string of the molecule is CCC(Nc1ccc(OC)cc1C)c1ccc(Br)cc1. The van der Waals surface area contributed by atoms with Crippen LogP contribution >= 0.6 is 15.9 Å². The Morgan fingerprint density at radius 2 is 1.85 bits per heavy atom. The molecule has 2 aromatic rings. The van der Waals surface area contributed by atoms with Crippen LogP contribution in [0.1, 0.15) is 30.5 Å². The molecule has 0 aliphatic rings. The molecule has 0 saturated heterocycles. The van der Waals surface area contributed by atoms with Gasteiger partial charge in [-0.15, -0.1) is 0 Å². The molecular weight excluding hydrogens is 314 g/mol. The van der Waals surface area contributed by atoms with E-state index < -0.39 is 0 Å². The van der Waals surface area contributed by atoms with Gasteiger partial charge < -0.3 is 10.1 Å². The molecule has 2 aromatic carbocycles. The second-order valence-corrected chi connectivity index (χ2v) is 5.75. The fraction of sp³-hybridized carbons (Fsp3) is 0.294. The topological polar surface area (TPSA) is 21.3 Å². The molecule has 0 bridgehead atoms. The monoisotopic (exact) mass is 333 g/mol. The predicted octanol–water partition coefficient (Wildman–Crippen LogP) is 5.33. The lowest BCUT2D eigenvalue weighted by atomic mass is 10.0. The van der Waals surface area contributed by atoms with Crippen molar-refractivity contribution < 1.29 is 4.74 Å². The number of hydrogen-bond acceptors (Lipinski definition) is 2. The van der Waals surface area contributed by atoms with Crippen LogP contribution in [0.4, 0.5) is 5.69 Å². The van der Waals surface area contributed by atoms with Crippen LogP contribution in [0.15, 0.2) is 46.9 Å². The third-order valence-electron chi connectivity index (χ3n) is 3.44. The average molecular weight is 334 g/mol. The second-order valence-electron chi connectivity index (χ2n) is 4.84. The summed E-state index contributed by atoms with van der Waals surface area (Å²) in [5, 5.41) is 3.61. The molecule has 0 aliphatic heterocycles.